The molecule has 1 N–H and O–H groups in total. The molecule has 0 bridgehead atoms. The number of carbonyl (C=O) groups is 1. The Bertz CT molecular complexity index is 1520. The number of pyridine rings is 1. The number of nitrogens with one attached hydrogen (secondary N) is 1. The molecule has 1 aliphatic rings. The maximum Gasteiger partial charge on any atom is 0.223 e. The second kappa shape index (κ2) is 9.62. The van der Waals surface area contributed by atoms with Crippen molar-refractivity contribution in [2.24, 2.45) is 11.8 Å². The predicted molar refractivity (Wildman–Crippen MR) is 137 cm³/mol. The van der Waals surface area contributed by atoms with Crippen LogP contribution in [0.1, 0.15) is 25.1 Å². The lowest BCUT2D eigenvalue weighted by atomic mass is 10.0. The number of aromatic nitrogens is 5. The van der Waals surface area contributed by atoms with E-state index in [1.807, 2.05) is 35.0 Å². The highest BCUT2D eigenvalue weighted by atomic mass is 79.9. The van der Waals surface area contributed by atoms with Crippen LogP contribution in [0, 0.1) is 11.8 Å². The molecule has 0 aliphatic heterocycles. The summed E-state index contributed by atoms with van der Waals surface area (Å²) in [6, 6.07) is 9.89. The standard InChI is InChI=1S/C24H25BrN6O3S/c1-35(33,34)10-9-27-24(32)17-5-4-15(11-17)12-21-28-14-19-22(25)30-31(23(19)29-21)18-6-7-20-16(13-18)3-2-8-26-20/h2-3,6-8,13-15,17H,4-5,9-12H2,1H3,(H,27,32)/t15-,17-/m1/s1. The molecule has 1 saturated carbocycles. The summed E-state index contributed by atoms with van der Waals surface area (Å²) in [5, 5.41) is 9.24. The third kappa shape index (κ3) is 5.35. The molecule has 3 aromatic heterocycles. The molecule has 182 valence electrons. The fourth-order valence-electron chi connectivity index (χ4n) is 4.64. The van der Waals surface area contributed by atoms with Gasteiger partial charge < -0.3 is 5.32 Å². The summed E-state index contributed by atoms with van der Waals surface area (Å²) in [7, 11) is -3.09. The van der Waals surface area contributed by atoms with Gasteiger partial charge >= 0.3 is 0 Å². The number of halogens is 1. The van der Waals surface area contributed by atoms with Crippen molar-refractivity contribution in [3.8, 4) is 5.69 Å². The van der Waals surface area contributed by atoms with E-state index >= 15 is 0 Å². The molecule has 35 heavy (non-hydrogen) atoms. The Morgan fingerprint density at radius 2 is 2.09 bits per heavy atom. The first kappa shape index (κ1) is 23.8. The summed E-state index contributed by atoms with van der Waals surface area (Å²) in [6.07, 6.45) is 7.84. The second-order valence-electron chi connectivity index (χ2n) is 9.11. The smallest absolute Gasteiger partial charge is 0.223 e. The van der Waals surface area contributed by atoms with Crippen molar-refractivity contribution in [1.82, 2.24) is 30.0 Å². The summed E-state index contributed by atoms with van der Waals surface area (Å²) >= 11 is 3.53. The van der Waals surface area contributed by atoms with E-state index in [2.05, 4.69) is 36.3 Å². The van der Waals surface area contributed by atoms with Gasteiger partial charge in [0.15, 0.2) is 5.65 Å². The number of fused-ring (bicyclic) bond motifs is 2. The lowest BCUT2D eigenvalue weighted by Gasteiger charge is -2.12. The lowest BCUT2D eigenvalue weighted by molar-refractivity contribution is -0.124. The Kier molecular flexibility index (Phi) is 6.54. The molecule has 0 spiro atoms. The largest absolute Gasteiger partial charge is 0.355 e. The third-order valence-corrected chi connectivity index (χ3v) is 7.95. The van der Waals surface area contributed by atoms with E-state index in [1.54, 1.807) is 12.4 Å². The Morgan fingerprint density at radius 3 is 2.91 bits per heavy atom. The zero-order valence-electron chi connectivity index (χ0n) is 19.2. The molecule has 3 heterocycles. The van der Waals surface area contributed by atoms with Crippen LogP contribution >= 0.6 is 15.9 Å². The van der Waals surface area contributed by atoms with Gasteiger partial charge in [-0.25, -0.2) is 23.1 Å². The molecule has 1 amide bonds. The summed E-state index contributed by atoms with van der Waals surface area (Å²) in [5.41, 5.74) is 2.52. The van der Waals surface area contributed by atoms with Gasteiger partial charge in [0.2, 0.25) is 5.91 Å². The minimum absolute atomic E-state index is 0.0420. The van der Waals surface area contributed by atoms with Crippen molar-refractivity contribution in [1.29, 1.82) is 0 Å². The Morgan fingerprint density at radius 1 is 1.23 bits per heavy atom. The fraction of sp³-hybridized carbons (Fsp3) is 0.375. The van der Waals surface area contributed by atoms with Crippen LogP contribution in [0.15, 0.2) is 47.3 Å². The second-order valence-corrected chi connectivity index (χ2v) is 12.1. The fourth-order valence-corrected chi connectivity index (χ4v) is 5.55. The van der Waals surface area contributed by atoms with Crippen molar-refractivity contribution in [2.75, 3.05) is 18.6 Å². The SMILES string of the molecule is CS(=O)(=O)CCNC(=O)[C@@H]1CC[C@@H](Cc2ncc3c(Br)nn(-c4ccc5ncccc5c4)c3n2)C1. The van der Waals surface area contributed by atoms with E-state index in [4.69, 9.17) is 4.98 Å². The summed E-state index contributed by atoms with van der Waals surface area (Å²) in [4.78, 5) is 26.2. The number of hydrogen-bond acceptors (Lipinski definition) is 7. The van der Waals surface area contributed by atoms with Crippen molar-refractivity contribution in [3.63, 3.8) is 0 Å². The zero-order chi connectivity index (χ0) is 24.6. The van der Waals surface area contributed by atoms with Gasteiger partial charge in [-0.05, 0) is 65.4 Å². The predicted octanol–water partition coefficient (Wildman–Crippen LogP) is 3.25. The minimum atomic E-state index is -3.09. The van der Waals surface area contributed by atoms with Crippen molar-refractivity contribution in [2.45, 2.75) is 25.7 Å². The Hall–Kier alpha value is -2.92. The number of rotatable bonds is 7. The molecule has 1 fully saturated rings. The van der Waals surface area contributed by atoms with E-state index < -0.39 is 9.84 Å². The van der Waals surface area contributed by atoms with Crippen LogP contribution in [0.4, 0.5) is 0 Å². The molecule has 0 radical (unpaired) electrons. The van der Waals surface area contributed by atoms with Gasteiger partial charge in [-0.15, -0.1) is 0 Å². The van der Waals surface area contributed by atoms with Crippen LogP contribution in [0.3, 0.4) is 0 Å². The number of hydrogen-bond donors (Lipinski definition) is 1. The maximum absolute atomic E-state index is 12.4. The van der Waals surface area contributed by atoms with Gasteiger partial charge in [-0.2, -0.15) is 5.10 Å². The summed E-state index contributed by atoms with van der Waals surface area (Å²) in [6.45, 7) is 0.155. The van der Waals surface area contributed by atoms with Crippen molar-refractivity contribution >= 4 is 53.6 Å². The van der Waals surface area contributed by atoms with Crippen LogP contribution in [0.2, 0.25) is 0 Å². The number of benzene rings is 1. The molecule has 11 heteroatoms. The molecule has 5 rings (SSSR count). The van der Waals surface area contributed by atoms with Gasteiger partial charge in [0.25, 0.3) is 0 Å². The lowest BCUT2D eigenvalue weighted by Crippen LogP contribution is -2.33. The van der Waals surface area contributed by atoms with Crippen LogP contribution in [0.25, 0.3) is 27.6 Å². The van der Waals surface area contributed by atoms with Gasteiger partial charge in [-0.3, -0.25) is 9.78 Å². The van der Waals surface area contributed by atoms with Crippen molar-refractivity contribution < 1.29 is 13.2 Å². The molecule has 4 aromatic rings. The van der Waals surface area contributed by atoms with Gasteiger partial charge in [0.05, 0.1) is 22.3 Å². The highest BCUT2D eigenvalue weighted by Crippen LogP contribution is 2.33. The van der Waals surface area contributed by atoms with E-state index in [0.717, 1.165) is 52.7 Å². The molecule has 0 unspecified atom stereocenters. The maximum atomic E-state index is 12.4. The Balaban J connectivity index is 1.31. The molecular weight excluding hydrogens is 532 g/mol. The van der Waals surface area contributed by atoms with Crippen LogP contribution in [-0.2, 0) is 21.1 Å². The van der Waals surface area contributed by atoms with Gasteiger partial charge in [0, 0.05) is 42.9 Å². The van der Waals surface area contributed by atoms with Crippen LogP contribution in [-0.4, -0.2) is 57.6 Å². The first-order chi connectivity index (χ1) is 16.8. The number of carbonyl (C=O) groups excluding carboxylic acids is 1. The quantitative estimate of drug-likeness (QED) is 0.371. The van der Waals surface area contributed by atoms with Gasteiger partial charge in [0.1, 0.15) is 20.3 Å². The average Bonchev–Trinajstić information content (AvgIpc) is 3.42. The number of sulfone groups is 1. The molecule has 9 nitrogen and oxygen atoms in total. The molecule has 1 aliphatic carbocycles. The topological polar surface area (TPSA) is 120 Å². The zero-order valence-corrected chi connectivity index (χ0v) is 21.6. The van der Waals surface area contributed by atoms with E-state index in [0.29, 0.717) is 16.9 Å². The third-order valence-electron chi connectivity index (χ3n) is 6.42. The Labute approximate surface area is 211 Å². The number of nitrogens with zero attached hydrogens (tertiary/aromatic N) is 5. The van der Waals surface area contributed by atoms with Crippen molar-refractivity contribution in [3.05, 3.63) is 53.2 Å². The van der Waals surface area contributed by atoms with Crippen LogP contribution < -0.4 is 5.32 Å². The minimum Gasteiger partial charge on any atom is -0.355 e. The van der Waals surface area contributed by atoms with Gasteiger partial charge in [-0.1, -0.05) is 6.07 Å². The average molecular weight is 557 g/mol. The first-order valence-electron chi connectivity index (χ1n) is 11.5. The molecule has 2 atom stereocenters. The van der Waals surface area contributed by atoms with Crippen LogP contribution in [0.5, 0.6) is 0 Å². The summed E-state index contributed by atoms with van der Waals surface area (Å²) in [5.74, 6) is 0.801. The summed E-state index contributed by atoms with van der Waals surface area (Å²) < 4.78 is 25.0. The normalized spacial score (nSPS) is 18.3. The van der Waals surface area contributed by atoms with E-state index in [9.17, 15) is 13.2 Å². The molecule has 0 saturated heterocycles. The molecular formula is C24H25BrN6O3S. The van der Waals surface area contributed by atoms with E-state index in [-0.39, 0.29) is 24.1 Å². The monoisotopic (exact) mass is 556 g/mol. The van der Waals surface area contributed by atoms with E-state index in [1.165, 1.54) is 6.26 Å². The first-order valence-corrected chi connectivity index (χ1v) is 14.3. The molecule has 1 aromatic carbocycles. The highest BCUT2D eigenvalue weighted by molar-refractivity contribution is 9.10. The number of amides is 1. The highest BCUT2D eigenvalue weighted by Gasteiger charge is 2.30.